The van der Waals surface area contributed by atoms with Gasteiger partial charge < -0.3 is 15.4 Å². The number of imide groups is 1. The number of hydrogen-bond acceptors (Lipinski definition) is 4. The Morgan fingerprint density at radius 1 is 1.13 bits per heavy atom. The van der Waals surface area contributed by atoms with Crippen LogP contribution in [0.1, 0.15) is 12.5 Å². The van der Waals surface area contributed by atoms with Crippen LogP contribution in [0.5, 0.6) is 5.75 Å². The van der Waals surface area contributed by atoms with Crippen molar-refractivity contribution in [3.8, 4) is 5.75 Å². The first kappa shape index (κ1) is 22.0. The molecule has 164 valence electrons. The van der Waals surface area contributed by atoms with Crippen molar-refractivity contribution in [2.75, 3.05) is 11.9 Å². The highest BCUT2D eigenvalue weighted by molar-refractivity contribution is 6.10. The van der Waals surface area contributed by atoms with Gasteiger partial charge in [-0.05, 0) is 36.8 Å². The highest BCUT2D eigenvalue weighted by atomic mass is 19.4. The van der Waals surface area contributed by atoms with Crippen LogP contribution >= 0.6 is 0 Å². The summed E-state index contributed by atoms with van der Waals surface area (Å²) in [7, 11) is 0. The van der Waals surface area contributed by atoms with Gasteiger partial charge in [-0.15, -0.1) is 13.2 Å². The Kier molecular flexibility index (Phi) is 5.57. The second kappa shape index (κ2) is 7.85. The zero-order chi connectivity index (χ0) is 23.0. The molecule has 2 aromatic carbocycles. The number of anilines is 1. The predicted molar refractivity (Wildman–Crippen MR) is 95.7 cm³/mol. The smallest absolute Gasteiger partial charge is 0.406 e. The lowest BCUT2D eigenvalue weighted by Gasteiger charge is -2.22. The van der Waals surface area contributed by atoms with E-state index in [9.17, 15) is 36.3 Å². The van der Waals surface area contributed by atoms with Crippen LogP contribution in [0.15, 0.2) is 42.5 Å². The largest absolute Gasteiger partial charge is 0.573 e. The van der Waals surface area contributed by atoms with Gasteiger partial charge in [0.05, 0.1) is 5.69 Å². The third-order valence-electron chi connectivity index (χ3n) is 4.45. The Morgan fingerprint density at radius 2 is 1.77 bits per heavy atom. The summed E-state index contributed by atoms with van der Waals surface area (Å²) in [5.74, 6) is -4.19. The summed E-state index contributed by atoms with van der Waals surface area (Å²) < 4.78 is 67.2. The van der Waals surface area contributed by atoms with Gasteiger partial charge in [-0.3, -0.25) is 14.5 Å². The van der Waals surface area contributed by atoms with E-state index in [4.69, 9.17) is 0 Å². The Balaban J connectivity index is 1.73. The maximum atomic E-state index is 13.7. The zero-order valence-corrected chi connectivity index (χ0v) is 15.7. The Morgan fingerprint density at radius 3 is 2.35 bits per heavy atom. The molecule has 1 fully saturated rings. The number of amides is 4. The van der Waals surface area contributed by atoms with Crippen molar-refractivity contribution in [3.63, 3.8) is 0 Å². The van der Waals surface area contributed by atoms with E-state index in [0.717, 1.165) is 36.4 Å². The van der Waals surface area contributed by atoms with Crippen LogP contribution in [-0.2, 0) is 15.1 Å². The quantitative estimate of drug-likeness (QED) is 0.549. The van der Waals surface area contributed by atoms with Gasteiger partial charge in [0.25, 0.3) is 5.91 Å². The van der Waals surface area contributed by atoms with Crippen molar-refractivity contribution in [3.05, 3.63) is 59.7 Å². The number of hydrogen-bond donors (Lipinski definition) is 2. The first-order chi connectivity index (χ1) is 14.4. The van der Waals surface area contributed by atoms with E-state index in [1.54, 1.807) is 0 Å². The number of carbonyl (C=O) groups is 3. The summed E-state index contributed by atoms with van der Waals surface area (Å²) in [6.45, 7) is 0.538. The molecule has 0 radical (unpaired) electrons. The molecule has 3 rings (SSSR count). The minimum Gasteiger partial charge on any atom is -0.406 e. The number of ether oxygens (including phenoxy) is 1. The fraction of sp³-hybridized carbons (Fsp3) is 0.211. The lowest BCUT2D eigenvalue weighted by molar-refractivity contribution is -0.274. The van der Waals surface area contributed by atoms with E-state index in [1.165, 1.54) is 6.92 Å². The van der Waals surface area contributed by atoms with E-state index in [0.29, 0.717) is 11.0 Å². The number of nitrogens with zero attached hydrogens (tertiary/aromatic N) is 1. The van der Waals surface area contributed by atoms with Crippen molar-refractivity contribution in [2.24, 2.45) is 0 Å². The number of halogens is 5. The van der Waals surface area contributed by atoms with E-state index >= 15 is 0 Å². The van der Waals surface area contributed by atoms with Gasteiger partial charge in [0.1, 0.15) is 29.5 Å². The first-order valence-corrected chi connectivity index (χ1v) is 8.64. The SMILES string of the molecule is CC1(c2ccc(OC(F)(F)F)cc2)NC(=O)N(CC(=O)Nc2ccc(F)cc2F)C1=O. The standard InChI is InChI=1S/C19H14F5N3O4/c1-18(10-2-5-12(6-3-10)31-19(22,23)24)16(29)27(17(30)26-18)9-15(28)25-14-7-4-11(20)8-13(14)21/h2-8H,9H2,1H3,(H,25,28)(H,26,30). The van der Waals surface area contributed by atoms with Gasteiger partial charge in [0.2, 0.25) is 5.91 Å². The minimum atomic E-state index is -4.89. The first-order valence-electron chi connectivity index (χ1n) is 8.64. The lowest BCUT2D eigenvalue weighted by atomic mass is 9.92. The van der Waals surface area contributed by atoms with E-state index in [2.05, 4.69) is 15.4 Å². The van der Waals surface area contributed by atoms with Crippen LogP contribution in [0.25, 0.3) is 0 Å². The molecule has 2 N–H and O–H groups in total. The molecule has 0 saturated carbocycles. The summed E-state index contributed by atoms with van der Waals surface area (Å²) in [6, 6.07) is 5.77. The fourth-order valence-corrected chi connectivity index (χ4v) is 2.95. The Hall–Kier alpha value is -3.70. The molecular weight excluding hydrogens is 429 g/mol. The zero-order valence-electron chi connectivity index (χ0n) is 15.7. The maximum absolute atomic E-state index is 13.7. The third-order valence-corrected chi connectivity index (χ3v) is 4.45. The van der Waals surface area contributed by atoms with Gasteiger partial charge >= 0.3 is 12.4 Å². The van der Waals surface area contributed by atoms with Gasteiger partial charge in [-0.25, -0.2) is 13.6 Å². The van der Waals surface area contributed by atoms with Crippen LogP contribution < -0.4 is 15.4 Å². The number of benzene rings is 2. The molecule has 1 aliphatic rings. The number of nitrogens with one attached hydrogen (secondary N) is 2. The lowest BCUT2D eigenvalue weighted by Crippen LogP contribution is -2.42. The molecular formula is C19H14F5N3O4. The fourth-order valence-electron chi connectivity index (χ4n) is 2.95. The summed E-state index contributed by atoms with van der Waals surface area (Å²) >= 11 is 0. The van der Waals surface area contributed by atoms with Crippen LogP contribution in [0.4, 0.5) is 32.4 Å². The minimum absolute atomic E-state index is 0.146. The monoisotopic (exact) mass is 443 g/mol. The summed E-state index contributed by atoms with van der Waals surface area (Å²) in [5.41, 5.74) is -1.86. The molecule has 12 heteroatoms. The number of rotatable bonds is 5. The van der Waals surface area contributed by atoms with Crippen LogP contribution in [0.2, 0.25) is 0 Å². The van der Waals surface area contributed by atoms with Crippen LogP contribution in [0, 0.1) is 11.6 Å². The third kappa shape index (κ3) is 4.73. The maximum Gasteiger partial charge on any atom is 0.573 e. The van der Waals surface area contributed by atoms with Crippen molar-refractivity contribution < 1.29 is 41.1 Å². The molecule has 1 aliphatic heterocycles. The molecule has 1 saturated heterocycles. The molecule has 0 bridgehead atoms. The molecule has 0 aliphatic carbocycles. The highest BCUT2D eigenvalue weighted by Gasteiger charge is 2.49. The second-order valence-corrected chi connectivity index (χ2v) is 6.69. The molecule has 4 amide bonds. The molecule has 0 spiro atoms. The molecule has 1 unspecified atom stereocenters. The summed E-state index contributed by atoms with van der Waals surface area (Å²) in [4.78, 5) is 37.7. The second-order valence-electron chi connectivity index (χ2n) is 6.69. The normalized spacial score (nSPS) is 18.7. The van der Waals surface area contributed by atoms with Gasteiger partial charge in [0, 0.05) is 6.07 Å². The highest BCUT2D eigenvalue weighted by Crippen LogP contribution is 2.31. The molecule has 7 nitrogen and oxygen atoms in total. The number of carbonyl (C=O) groups excluding carboxylic acids is 3. The van der Waals surface area contributed by atoms with Crippen LogP contribution in [0.3, 0.4) is 0 Å². The molecule has 0 aromatic heterocycles. The topological polar surface area (TPSA) is 87.7 Å². The summed E-state index contributed by atoms with van der Waals surface area (Å²) in [6.07, 6.45) is -4.89. The van der Waals surface area contributed by atoms with Crippen molar-refractivity contribution in [1.29, 1.82) is 0 Å². The van der Waals surface area contributed by atoms with Crippen molar-refractivity contribution in [1.82, 2.24) is 10.2 Å². The van der Waals surface area contributed by atoms with E-state index in [-0.39, 0.29) is 11.3 Å². The molecule has 2 aromatic rings. The van der Waals surface area contributed by atoms with Crippen molar-refractivity contribution in [2.45, 2.75) is 18.8 Å². The Bertz CT molecular complexity index is 1040. The van der Waals surface area contributed by atoms with E-state index in [1.807, 2.05) is 0 Å². The number of urea groups is 1. The van der Waals surface area contributed by atoms with E-state index < -0.39 is 53.7 Å². The molecule has 1 heterocycles. The van der Waals surface area contributed by atoms with Gasteiger partial charge in [-0.1, -0.05) is 12.1 Å². The predicted octanol–water partition coefficient (Wildman–Crippen LogP) is 3.27. The average molecular weight is 443 g/mol. The van der Waals surface area contributed by atoms with Crippen LogP contribution in [-0.4, -0.2) is 35.7 Å². The Labute approximate surface area is 171 Å². The average Bonchev–Trinajstić information content (AvgIpc) is 2.87. The molecule has 1 atom stereocenters. The van der Waals surface area contributed by atoms with Crippen molar-refractivity contribution >= 4 is 23.5 Å². The summed E-state index contributed by atoms with van der Waals surface area (Å²) in [5, 5.41) is 4.50. The van der Waals surface area contributed by atoms with Gasteiger partial charge in [0.15, 0.2) is 0 Å². The number of alkyl halides is 3. The molecule has 31 heavy (non-hydrogen) atoms. The van der Waals surface area contributed by atoms with Gasteiger partial charge in [-0.2, -0.15) is 0 Å².